The molecule has 0 saturated carbocycles. The van der Waals surface area contributed by atoms with E-state index in [1.807, 2.05) is 0 Å². The van der Waals surface area contributed by atoms with Gasteiger partial charge in [-0.05, 0) is 24.6 Å². The second-order valence-electron chi connectivity index (χ2n) is 3.99. The van der Waals surface area contributed by atoms with Crippen LogP contribution in [0, 0.1) is 0 Å². The Bertz CT molecular complexity index is 640. The van der Waals surface area contributed by atoms with Crippen LogP contribution in [0.1, 0.15) is 18.4 Å². The molecule has 0 bridgehead atoms. The normalized spacial score (nSPS) is 12.4. The lowest BCUT2D eigenvalue weighted by atomic mass is 10.0. The number of benzene rings is 1. The SMILES string of the molecule is CC(C(=O)O)c1cc(Cl)c(-n2cc(Cl)cn2)cc1Cl. The zero-order valence-corrected chi connectivity index (χ0v) is 12.0. The van der Waals surface area contributed by atoms with Crippen molar-refractivity contribution in [3.05, 3.63) is 45.2 Å². The van der Waals surface area contributed by atoms with Crippen LogP contribution >= 0.6 is 34.8 Å². The van der Waals surface area contributed by atoms with Crippen molar-refractivity contribution in [1.82, 2.24) is 9.78 Å². The Morgan fingerprint density at radius 2 is 2.00 bits per heavy atom. The first-order valence-electron chi connectivity index (χ1n) is 5.32. The Morgan fingerprint density at radius 1 is 1.32 bits per heavy atom. The summed E-state index contributed by atoms with van der Waals surface area (Å²) < 4.78 is 1.48. The lowest BCUT2D eigenvalue weighted by molar-refractivity contribution is -0.138. The fraction of sp³-hybridized carbons (Fsp3) is 0.167. The molecule has 0 aliphatic carbocycles. The molecular weight excluding hydrogens is 311 g/mol. The van der Waals surface area contributed by atoms with Gasteiger partial charge in [-0.1, -0.05) is 34.8 Å². The Kier molecular flexibility index (Phi) is 4.04. The highest BCUT2D eigenvalue weighted by Gasteiger charge is 2.19. The number of hydrogen-bond acceptors (Lipinski definition) is 2. The minimum Gasteiger partial charge on any atom is -0.481 e. The fourth-order valence-electron chi connectivity index (χ4n) is 1.62. The van der Waals surface area contributed by atoms with Gasteiger partial charge in [0.05, 0.1) is 27.8 Å². The number of carboxylic acid groups (broad SMARTS) is 1. The smallest absolute Gasteiger partial charge is 0.310 e. The summed E-state index contributed by atoms with van der Waals surface area (Å²) in [6.45, 7) is 1.55. The molecule has 0 aliphatic rings. The average molecular weight is 320 g/mol. The van der Waals surface area contributed by atoms with Crippen LogP contribution in [0.15, 0.2) is 24.5 Å². The zero-order chi connectivity index (χ0) is 14.2. The molecule has 1 atom stereocenters. The van der Waals surface area contributed by atoms with Gasteiger partial charge in [-0.15, -0.1) is 0 Å². The third-order valence-electron chi connectivity index (χ3n) is 2.70. The van der Waals surface area contributed by atoms with Gasteiger partial charge in [-0.3, -0.25) is 4.79 Å². The minimum atomic E-state index is -0.965. The standard InChI is InChI=1S/C12H9Cl3N2O2/c1-6(12(18)19)8-2-10(15)11(3-9(8)14)17-5-7(13)4-16-17/h2-6H,1H3,(H,18,19). The average Bonchev–Trinajstić information content (AvgIpc) is 2.77. The van der Waals surface area contributed by atoms with Gasteiger partial charge in [0.2, 0.25) is 0 Å². The van der Waals surface area contributed by atoms with E-state index < -0.39 is 11.9 Å². The van der Waals surface area contributed by atoms with Crippen molar-refractivity contribution in [2.45, 2.75) is 12.8 Å². The van der Waals surface area contributed by atoms with Crippen molar-refractivity contribution in [3.8, 4) is 5.69 Å². The monoisotopic (exact) mass is 318 g/mol. The van der Waals surface area contributed by atoms with Gasteiger partial charge >= 0.3 is 5.97 Å². The van der Waals surface area contributed by atoms with Gasteiger partial charge in [0.1, 0.15) is 0 Å². The molecule has 0 saturated heterocycles. The molecule has 0 amide bonds. The van der Waals surface area contributed by atoms with Crippen LogP contribution in [0.4, 0.5) is 0 Å². The third-order valence-corrected chi connectivity index (χ3v) is 3.53. The van der Waals surface area contributed by atoms with Crippen LogP contribution in [0.3, 0.4) is 0 Å². The Hall–Kier alpha value is -1.23. The summed E-state index contributed by atoms with van der Waals surface area (Å²) in [7, 11) is 0. The molecule has 2 rings (SSSR count). The second-order valence-corrected chi connectivity index (χ2v) is 5.24. The van der Waals surface area contributed by atoms with E-state index in [1.165, 1.54) is 16.9 Å². The van der Waals surface area contributed by atoms with Crippen molar-refractivity contribution in [1.29, 1.82) is 0 Å². The van der Waals surface area contributed by atoms with E-state index in [2.05, 4.69) is 5.10 Å². The highest BCUT2D eigenvalue weighted by molar-refractivity contribution is 6.35. The number of rotatable bonds is 3. The molecule has 19 heavy (non-hydrogen) atoms. The molecule has 1 aromatic heterocycles. The molecule has 1 unspecified atom stereocenters. The number of carbonyl (C=O) groups is 1. The van der Waals surface area contributed by atoms with Crippen molar-refractivity contribution in [2.24, 2.45) is 0 Å². The third kappa shape index (κ3) is 2.86. The van der Waals surface area contributed by atoms with Crippen LogP contribution in [0.25, 0.3) is 5.69 Å². The number of carboxylic acids is 1. The van der Waals surface area contributed by atoms with Gasteiger partial charge in [0.25, 0.3) is 0 Å². The molecule has 100 valence electrons. The van der Waals surface area contributed by atoms with Crippen molar-refractivity contribution in [2.75, 3.05) is 0 Å². The number of aliphatic carboxylic acids is 1. The Labute approximate surface area is 124 Å². The highest BCUT2D eigenvalue weighted by atomic mass is 35.5. The first kappa shape index (κ1) is 14.2. The van der Waals surface area contributed by atoms with Crippen molar-refractivity contribution >= 4 is 40.8 Å². The molecule has 1 aromatic carbocycles. The zero-order valence-electron chi connectivity index (χ0n) is 9.77. The number of nitrogens with zero attached hydrogens (tertiary/aromatic N) is 2. The van der Waals surface area contributed by atoms with E-state index in [0.29, 0.717) is 26.3 Å². The molecule has 0 fully saturated rings. The molecule has 2 aromatic rings. The molecule has 1 N–H and O–H groups in total. The fourth-order valence-corrected chi connectivity index (χ4v) is 2.34. The van der Waals surface area contributed by atoms with Crippen LogP contribution < -0.4 is 0 Å². The number of aromatic nitrogens is 2. The van der Waals surface area contributed by atoms with Crippen LogP contribution in [-0.4, -0.2) is 20.9 Å². The summed E-state index contributed by atoms with van der Waals surface area (Å²) in [4.78, 5) is 11.0. The van der Waals surface area contributed by atoms with Crippen molar-refractivity contribution in [3.63, 3.8) is 0 Å². The van der Waals surface area contributed by atoms with Crippen molar-refractivity contribution < 1.29 is 9.90 Å². The van der Waals surface area contributed by atoms with Crippen LogP contribution in [0.2, 0.25) is 15.1 Å². The molecular formula is C12H9Cl3N2O2. The molecule has 0 aliphatic heterocycles. The minimum absolute atomic E-state index is 0.320. The number of hydrogen-bond donors (Lipinski definition) is 1. The van der Waals surface area contributed by atoms with Crippen LogP contribution in [0.5, 0.6) is 0 Å². The molecule has 4 nitrogen and oxygen atoms in total. The van der Waals surface area contributed by atoms with E-state index in [0.717, 1.165) is 0 Å². The Morgan fingerprint density at radius 3 is 2.53 bits per heavy atom. The summed E-state index contributed by atoms with van der Waals surface area (Å²) >= 11 is 18.0. The first-order chi connectivity index (χ1) is 8.90. The van der Waals surface area contributed by atoms with E-state index in [-0.39, 0.29) is 0 Å². The van der Waals surface area contributed by atoms with Gasteiger partial charge < -0.3 is 5.11 Å². The molecule has 0 spiro atoms. The predicted octanol–water partition coefficient (Wildman–Crippen LogP) is 4.02. The Balaban J connectivity index is 2.51. The van der Waals surface area contributed by atoms with Crippen LogP contribution in [-0.2, 0) is 4.79 Å². The molecule has 7 heteroatoms. The molecule has 0 radical (unpaired) electrons. The summed E-state index contributed by atoms with van der Waals surface area (Å²) in [5, 5.41) is 14.2. The van der Waals surface area contributed by atoms with E-state index in [1.54, 1.807) is 19.2 Å². The lowest BCUT2D eigenvalue weighted by Crippen LogP contribution is -2.08. The summed E-state index contributed by atoms with van der Waals surface area (Å²) in [5.74, 6) is -1.70. The quantitative estimate of drug-likeness (QED) is 0.929. The largest absolute Gasteiger partial charge is 0.481 e. The number of halogens is 3. The van der Waals surface area contributed by atoms with E-state index in [9.17, 15) is 4.79 Å². The maximum atomic E-state index is 11.0. The maximum absolute atomic E-state index is 11.0. The van der Waals surface area contributed by atoms with Gasteiger partial charge in [0.15, 0.2) is 0 Å². The first-order valence-corrected chi connectivity index (χ1v) is 6.46. The summed E-state index contributed by atoms with van der Waals surface area (Å²) in [5.41, 5.74) is 1.00. The van der Waals surface area contributed by atoms with Gasteiger partial charge in [0, 0.05) is 11.2 Å². The summed E-state index contributed by atoms with van der Waals surface area (Å²) in [6, 6.07) is 3.11. The van der Waals surface area contributed by atoms with E-state index >= 15 is 0 Å². The summed E-state index contributed by atoms with van der Waals surface area (Å²) in [6.07, 6.45) is 3.05. The van der Waals surface area contributed by atoms with E-state index in [4.69, 9.17) is 39.9 Å². The van der Waals surface area contributed by atoms with Gasteiger partial charge in [-0.2, -0.15) is 5.10 Å². The maximum Gasteiger partial charge on any atom is 0.310 e. The topological polar surface area (TPSA) is 55.1 Å². The van der Waals surface area contributed by atoms with Gasteiger partial charge in [-0.25, -0.2) is 4.68 Å². The lowest BCUT2D eigenvalue weighted by Gasteiger charge is -2.12. The predicted molar refractivity (Wildman–Crippen MR) is 74.6 cm³/mol. The highest BCUT2D eigenvalue weighted by Crippen LogP contribution is 2.32. The second kappa shape index (κ2) is 5.41. The molecule has 1 heterocycles.